The summed E-state index contributed by atoms with van der Waals surface area (Å²) < 4.78 is 28.9. The van der Waals surface area contributed by atoms with Gasteiger partial charge in [0.25, 0.3) is 5.91 Å². The van der Waals surface area contributed by atoms with Gasteiger partial charge in [0.05, 0.1) is 7.11 Å². The minimum Gasteiger partial charge on any atom is -0.497 e. The Balaban J connectivity index is 1.68. The number of anilines is 1. The molecule has 0 aromatic heterocycles. The number of carbonyl (C=O) groups is 2. The van der Waals surface area contributed by atoms with Crippen molar-refractivity contribution in [3.05, 3.63) is 90.2 Å². The molecule has 3 aromatic carbocycles. The Morgan fingerprint density at radius 2 is 1.67 bits per heavy atom. The van der Waals surface area contributed by atoms with E-state index in [9.17, 15) is 14.0 Å². The fourth-order valence-corrected chi connectivity index (χ4v) is 2.65. The van der Waals surface area contributed by atoms with Crippen LogP contribution in [0.25, 0.3) is 0 Å². The molecule has 0 aliphatic carbocycles. The number of methoxy groups -OCH3 is 1. The third kappa shape index (κ3) is 5.81. The van der Waals surface area contributed by atoms with Gasteiger partial charge in [-0.05, 0) is 36.4 Å². The molecule has 30 heavy (non-hydrogen) atoms. The quantitative estimate of drug-likeness (QED) is 0.566. The number of hydrogen-bond acceptors (Lipinski definition) is 5. The molecule has 1 unspecified atom stereocenters. The zero-order valence-corrected chi connectivity index (χ0v) is 16.2. The second-order valence-electron chi connectivity index (χ2n) is 6.24. The number of hydrogen-bond donors (Lipinski definition) is 1. The van der Waals surface area contributed by atoms with E-state index in [2.05, 4.69) is 5.32 Å². The molecule has 0 saturated carbocycles. The number of ether oxygens (including phenoxy) is 3. The highest BCUT2D eigenvalue weighted by Gasteiger charge is 2.25. The number of rotatable bonds is 8. The number of carbonyl (C=O) groups excluding carboxylic acids is 2. The van der Waals surface area contributed by atoms with Gasteiger partial charge < -0.3 is 19.5 Å². The lowest BCUT2D eigenvalue weighted by Gasteiger charge is -2.18. The Labute approximate surface area is 173 Å². The highest BCUT2D eigenvalue weighted by Crippen LogP contribution is 2.22. The minimum atomic E-state index is -1.18. The molecule has 0 fully saturated rings. The lowest BCUT2D eigenvalue weighted by molar-refractivity contribution is -0.156. The monoisotopic (exact) mass is 409 g/mol. The number of amides is 1. The van der Waals surface area contributed by atoms with Crippen LogP contribution < -0.4 is 14.8 Å². The number of benzene rings is 3. The summed E-state index contributed by atoms with van der Waals surface area (Å²) in [4.78, 5) is 25.1. The van der Waals surface area contributed by atoms with E-state index in [1.807, 2.05) is 0 Å². The predicted molar refractivity (Wildman–Crippen MR) is 109 cm³/mol. The van der Waals surface area contributed by atoms with E-state index in [1.165, 1.54) is 18.2 Å². The molecule has 0 heterocycles. The van der Waals surface area contributed by atoms with Gasteiger partial charge in [0, 0.05) is 17.3 Å². The van der Waals surface area contributed by atoms with Gasteiger partial charge in [-0.25, -0.2) is 9.18 Å². The van der Waals surface area contributed by atoms with Crippen LogP contribution in [0.4, 0.5) is 10.1 Å². The molecule has 7 heteroatoms. The molecule has 3 rings (SSSR count). The number of halogens is 1. The first-order valence-corrected chi connectivity index (χ1v) is 9.13. The first-order valence-electron chi connectivity index (χ1n) is 9.13. The maximum absolute atomic E-state index is 13.2. The van der Waals surface area contributed by atoms with Crippen LogP contribution in [0.5, 0.6) is 11.5 Å². The molecule has 154 valence electrons. The second-order valence-corrected chi connectivity index (χ2v) is 6.24. The van der Waals surface area contributed by atoms with E-state index in [0.29, 0.717) is 17.0 Å². The van der Waals surface area contributed by atoms with Crippen LogP contribution in [0.1, 0.15) is 11.7 Å². The Kier molecular flexibility index (Phi) is 7.00. The molecular weight excluding hydrogens is 389 g/mol. The van der Waals surface area contributed by atoms with Crippen LogP contribution in [0.3, 0.4) is 0 Å². The van der Waals surface area contributed by atoms with Crippen LogP contribution in [0, 0.1) is 5.82 Å². The molecule has 0 spiro atoms. The van der Waals surface area contributed by atoms with Crippen molar-refractivity contribution in [2.45, 2.75) is 6.10 Å². The molecule has 1 atom stereocenters. The van der Waals surface area contributed by atoms with E-state index in [-0.39, 0.29) is 5.75 Å². The van der Waals surface area contributed by atoms with Gasteiger partial charge in [-0.1, -0.05) is 36.4 Å². The van der Waals surface area contributed by atoms with Crippen molar-refractivity contribution in [1.82, 2.24) is 0 Å². The van der Waals surface area contributed by atoms with Crippen molar-refractivity contribution in [1.29, 1.82) is 0 Å². The van der Waals surface area contributed by atoms with Crippen molar-refractivity contribution < 1.29 is 28.2 Å². The lowest BCUT2D eigenvalue weighted by Crippen LogP contribution is -2.28. The predicted octanol–water partition coefficient (Wildman–Crippen LogP) is 4.14. The Morgan fingerprint density at radius 1 is 0.933 bits per heavy atom. The van der Waals surface area contributed by atoms with E-state index >= 15 is 0 Å². The SMILES string of the molecule is COc1ccc(NC(=O)C(OC(=O)COc2cccc(F)c2)c2ccccc2)cc1. The average Bonchev–Trinajstić information content (AvgIpc) is 2.77. The summed E-state index contributed by atoms with van der Waals surface area (Å²) in [5, 5.41) is 2.72. The Morgan fingerprint density at radius 3 is 2.33 bits per heavy atom. The van der Waals surface area contributed by atoms with Gasteiger partial charge in [-0.15, -0.1) is 0 Å². The van der Waals surface area contributed by atoms with Crippen LogP contribution in [0.2, 0.25) is 0 Å². The van der Waals surface area contributed by atoms with Crippen molar-refractivity contribution in [3.8, 4) is 11.5 Å². The molecule has 0 aliphatic rings. The average molecular weight is 409 g/mol. The highest BCUT2D eigenvalue weighted by atomic mass is 19.1. The van der Waals surface area contributed by atoms with Crippen LogP contribution in [-0.4, -0.2) is 25.6 Å². The summed E-state index contributed by atoms with van der Waals surface area (Å²) in [5.41, 5.74) is 1.02. The number of nitrogens with one attached hydrogen (secondary N) is 1. The maximum Gasteiger partial charge on any atom is 0.345 e. The van der Waals surface area contributed by atoms with Crippen molar-refractivity contribution in [2.24, 2.45) is 0 Å². The van der Waals surface area contributed by atoms with Gasteiger partial charge in [0.1, 0.15) is 17.3 Å². The molecule has 0 aliphatic heterocycles. The van der Waals surface area contributed by atoms with Gasteiger partial charge in [0.15, 0.2) is 6.61 Å². The summed E-state index contributed by atoms with van der Waals surface area (Å²) in [6.45, 7) is -0.470. The molecule has 1 N–H and O–H groups in total. The summed E-state index contributed by atoms with van der Waals surface area (Å²) in [5.74, 6) is -0.940. The summed E-state index contributed by atoms with van der Waals surface area (Å²) in [6.07, 6.45) is -1.18. The molecule has 1 amide bonds. The third-order valence-corrected chi connectivity index (χ3v) is 4.10. The van der Waals surface area contributed by atoms with Gasteiger partial charge >= 0.3 is 5.97 Å². The van der Waals surface area contributed by atoms with Gasteiger partial charge in [0.2, 0.25) is 6.10 Å². The zero-order valence-electron chi connectivity index (χ0n) is 16.2. The van der Waals surface area contributed by atoms with E-state index < -0.39 is 30.4 Å². The van der Waals surface area contributed by atoms with Crippen LogP contribution >= 0.6 is 0 Å². The summed E-state index contributed by atoms with van der Waals surface area (Å²) in [6, 6.07) is 20.8. The topological polar surface area (TPSA) is 73.9 Å². The molecule has 6 nitrogen and oxygen atoms in total. The molecule has 0 saturated heterocycles. The van der Waals surface area contributed by atoms with Crippen molar-refractivity contribution >= 4 is 17.6 Å². The summed E-state index contributed by atoms with van der Waals surface area (Å²) >= 11 is 0. The number of esters is 1. The highest BCUT2D eigenvalue weighted by molar-refractivity contribution is 5.96. The Bertz CT molecular complexity index is 992. The fourth-order valence-electron chi connectivity index (χ4n) is 2.65. The fraction of sp³-hybridized carbons (Fsp3) is 0.130. The molecule has 0 bridgehead atoms. The molecular formula is C23H20FNO5. The van der Waals surface area contributed by atoms with Gasteiger partial charge in [-0.2, -0.15) is 0 Å². The molecule has 0 radical (unpaired) electrons. The van der Waals surface area contributed by atoms with E-state index in [4.69, 9.17) is 14.2 Å². The van der Waals surface area contributed by atoms with Crippen molar-refractivity contribution in [3.63, 3.8) is 0 Å². The normalized spacial score (nSPS) is 11.3. The third-order valence-electron chi connectivity index (χ3n) is 4.10. The van der Waals surface area contributed by atoms with Gasteiger partial charge in [-0.3, -0.25) is 4.79 Å². The van der Waals surface area contributed by atoms with E-state index in [0.717, 1.165) is 6.07 Å². The van der Waals surface area contributed by atoms with Crippen molar-refractivity contribution in [2.75, 3.05) is 19.0 Å². The zero-order chi connectivity index (χ0) is 21.3. The van der Waals surface area contributed by atoms with Crippen LogP contribution in [-0.2, 0) is 14.3 Å². The first-order chi connectivity index (χ1) is 14.5. The second kappa shape index (κ2) is 10.1. The largest absolute Gasteiger partial charge is 0.497 e. The minimum absolute atomic E-state index is 0.186. The maximum atomic E-state index is 13.2. The molecule has 3 aromatic rings. The van der Waals surface area contributed by atoms with Crippen LogP contribution in [0.15, 0.2) is 78.9 Å². The Hall–Kier alpha value is -3.87. The smallest absolute Gasteiger partial charge is 0.345 e. The summed E-state index contributed by atoms with van der Waals surface area (Å²) in [7, 11) is 1.55. The first kappa shape index (κ1) is 20.9. The standard InChI is InChI=1S/C23H20FNO5/c1-28-19-12-10-18(11-13-19)25-23(27)22(16-6-3-2-4-7-16)30-21(26)15-29-20-9-5-8-17(24)14-20/h2-14,22H,15H2,1H3,(H,25,27). The lowest BCUT2D eigenvalue weighted by atomic mass is 10.1. The van der Waals surface area contributed by atoms with E-state index in [1.54, 1.807) is 61.7 Å².